The lowest BCUT2D eigenvalue weighted by molar-refractivity contribution is -0.137. The van der Waals surface area contributed by atoms with E-state index in [1.165, 1.54) is 6.07 Å². The van der Waals surface area contributed by atoms with Crippen molar-refractivity contribution in [3.8, 4) is 11.3 Å². The number of anilines is 1. The maximum Gasteiger partial charge on any atom is 0.416 e. The predicted molar refractivity (Wildman–Crippen MR) is 99.7 cm³/mol. The Morgan fingerprint density at radius 2 is 1.85 bits per heavy atom. The average molecular weight is 370 g/mol. The molecule has 0 radical (unpaired) electrons. The zero-order valence-corrected chi connectivity index (χ0v) is 14.6. The second-order valence-electron chi connectivity index (χ2n) is 6.26. The molecule has 0 saturated carbocycles. The van der Waals surface area contributed by atoms with Crippen molar-refractivity contribution in [3.05, 3.63) is 60.3 Å². The Morgan fingerprint density at radius 1 is 1.07 bits per heavy atom. The van der Waals surface area contributed by atoms with E-state index in [1.807, 2.05) is 41.7 Å². The summed E-state index contributed by atoms with van der Waals surface area (Å²) in [5, 5.41) is 3.18. The molecule has 2 aromatic carbocycles. The third-order valence-electron chi connectivity index (χ3n) is 4.36. The van der Waals surface area contributed by atoms with Gasteiger partial charge in [0.25, 0.3) is 0 Å². The largest absolute Gasteiger partial charge is 0.416 e. The van der Waals surface area contributed by atoms with Gasteiger partial charge in [-0.15, -0.1) is 0 Å². The van der Waals surface area contributed by atoms with E-state index in [4.69, 9.17) is 0 Å². The summed E-state index contributed by atoms with van der Waals surface area (Å²) in [5.41, 5.74) is 2.46. The molecule has 4 rings (SSSR count). The monoisotopic (exact) mass is 370 g/mol. The number of nitrogens with one attached hydrogen (secondary N) is 1. The van der Waals surface area contributed by atoms with Gasteiger partial charge in [-0.05, 0) is 24.6 Å². The Kier molecular flexibility index (Phi) is 4.22. The van der Waals surface area contributed by atoms with Crippen molar-refractivity contribution in [1.29, 1.82) is 0 Å². The minimum atomic E-state index is -4.42. The third-order valence-corrected chi connectivity index (χ3v) is 4.36. The van der Waals surface area contributed by atoms with E-state index in [-0.39, 0.29) is 5.52 Å². The van der Waals surface area contributed by atoms with E-state index in [9.17, 15) is 13.2 Å². The van der Waals surface area contributed by atoms with Crippen LogP contribution in [0.2, 0.25) is 0 Å². The molecule has 0 atom stereocenters. The lowest BCUT2D eigenvalue weighted by Crippen LogP contribution is -2.08. The van der Waals surface area contributed by atoms with Gasteiger partial charge >= 0.3 is 6.18 Å². The van der Waals surface area contributed by atoms with Crippen LogP contribution in [0.25, 0.3) is 27.9 Å². The van der Waals surface area contributed by atoms with Crippen LogP contribution >= 0.6 is 0 Å². The van der Waals surface area contributed by atoms with Gasteiger partial charge in [0.05, 0.1) is 28.5 Å². The molecule has 7 heteroatoms. The van der Waals surface area contributed by atoms with Gasteiger partial charge in [0, 0.05) is 12.1 Å². The van der Waals surface area contributed by atoms with Crippen LogP contribution in [0.4, 0.5) is 19.0 Å². The first-order valence-electron chi connectivity index (χ1n) is 8.66. The number of imidazole rings is 1. The smallest absolute Gasteiger partial charge is 0.367 e. The minimum absolute atomic E-state index is 0.270. The summed E-state index contributed by atoms with van der Waals surface area (Å²) >= 11 is 0. The summed E-state index contributed by atoms with van der Waals surface area (Å²) < 4.78 is 41.3. The van der Waals surface area contributed by atoms with Crippen LogP contribution in [0.1, 0.15) is 18.9 Å². The Bertz CT molecular complexity index is 1100. The Morgan fingerprint density at radius 3 is 2.56 bits per heavy atom. The summed E-state index contributed by atoms with van der Waals surface area (Å²) in [6.07, 6.45) is -1.83. The van der Waals surface area contributed by atoms with Crippen molar-refractivity contribution in [1.82, 2.24) is 14.4 Å². The molecule has 0 bridgehead atoms. The van der Waals surface area contributed by atoms with Gasteiger partial charge in [0.2, 0.25) is 0 Å². The molecule has 0 amide bonds. The highest BCUT2D eigenvalue weighted by molar-refractivity contribution is 5.86. The summed E-state index contributed by atoms with van der Waals surface area (Å²) in [6.45, 7) is 2.66. The van der Waals surface area contributed by atoms with Gasteiger partial charge < -0.3 is 5.32 Å². The number of nitrogens with zero attached hydrogens (tertiary/aromatic N) is 3. The van der Waals surface area contributed by atoms with Gasteiger partial charge in [0.15, 0.2) is 11.5 Å². The van der Waals surface area contributed by atoms with E-state index in [1.54, 1.807) is 6.20 Å². The number of aromatic nitrogens is 3. The number of benzene rings is 2. The van der Waals surface area contributed by atoms with Gasteiger partial charge in [0.1, 0.15) is 0 Å². The van der Waals surface area contributed by atoms with Gasteiger partial charge in [-0.25, -0.2) is 9.97 Å². The molecule has 0 unspecified atom stereocenters. The fourth-order valence-corrected chi connectivity index (χ4v) is 3.09. The summed E-state index contributed by atoms with van der Waals surface area (Å²) in [6, 6.07) is 13.2. The molecule has 1 N–H and O–H groups in total. The Labute approximate surface area is 153 Å². The molecule has 0 fully saturated rings. The highest BCUT2D eigenvalue weighted by atomic mass is 19.4. The SMILES string of the molecule is CCCNc1nc2cc(C(F)(F)F)ccc2n2c(-c3ccccc3)cnc12. The molecule has 0 aliphatic rings. The molecule has 0 saturated heterocycles. The summed E-state index contributed by atoms with van der Waals surface area (Å²) in [7, 11) is 0. The second-order valence-corrected chi connectivity index (χ2v) is 6.26. The quantitative estimate of drug-likeness (QED) is 0.524. The van der Waals surface area contributed by atoms with E-state index >= 15 is 0 Å². The van der Waals surface area contributed by atoms with Gasteiger partial charge in [-0.2, -0.15) is 13.2 Å². The van der Waals surface area contributed by atoms with Crippen molar-refractivity contribution < 1.29 is 13.2 Å². The van der Waals surface area contributed by atoms with Crippen molar-refractivity contribution in [3.63, 3.8) is 0 Å². The summed E-state index contributed by atoms with van der Waals surface area (Å²) in [4.78, 5) is 8.91. The van der Waals surface area contributed by atoms with Crippen molar-refractivity contribution in [2.24, 2.45) is 0 Å². The molecule has 138 valence electrons. The van der Waals surface area contributed by atoms with Crippen LogP contribution in [-0.4, -0.2) is 20.9 Å². The number of fused-ring (bicyclic) bond motifs is 3. The fourth-order valence-electron chi connectivity index (χ4n) is 3.09. The van der Waals surface area contributed by atoms with E-state index < -0.39 is 11.7 Å². The number of hydrogen-bond donors (Lipinski definition) is 1. The maximum atomic E-state index is 13.2. The van der Waals surface area contributed by atoms with Crippen LogP contribution in [-0.2, 0) is 6.18 Å². The van der Waals surface area contributed by atoms with E-state index in [0.29, 0.717) is 23.5 Å². The minimum Gasteiger partial charge on any atom is -0.367 e. The van der Waals surface area contributed by atoms with Crippen LogP contribution in [0, 0.1) is 0 Å². The lowest BCUT2D eigenvalue weighted by atomic mass is 10.1. The zero-order valence-electron chi connectivity index (χ0n) is 14.6. The van der Waals surface area contributed by atoms with Crippen molar-refractivity contribution in [2.45, 2.75) is 19.5 Å². The lowest BCUT2D eigenvalue weighted by Gasteiger charge is -2.13. The van der Waals surface area contributed by atoms with E-state index in [2.05, 4.69) is 15.3 Å². The molecular formula is C20H17F3N4. The first kappa shape index (κ1) is 17.3. The normalized spacial score (nSPS) is 12.0. The van der Waals surface area contributed by atoms with Crippen LogP contribution in [0.3, 0.4) is 0 Å². The summed E-state index contributed by atoms with van der Waals surface area (Å²) in [5.74, 6) is 0.478. The average Bonchev–Trinajstić information content (AvgIpc) is 3.11. The number of alkyl halides is 3. The number of halogens is 3. The molecule has 4 aromatic rings. The van der Waals surface area contributed by atoms with Crippen molar-refractivity contribution >= 4 is 22.5 Å². The molecule has 0 spiro atoms. The predicted octanol–water partition coefficient (Wildman–Crippen LogP) is 5.39. The van der Waals surface area contributed by atoms with Gasteiger partial charge in [-0.1, -0.05) is 37.3 Å². The molecule has 2 heterocycles. The number of hydrogen-bond acceptors (Lipinski definition) is 3. The highest BCUT2D eigenvalue weighted by Crippen LogP contribution is 2.33. The highest BCUT2D eigenvalue weighted by Gasteiger charge is 2.31. The standard InChI is InChI=1S/C20H17F3N4/c1-2-10-24-18-19-25-12-17(13-6-4-3-5-7-13)27(19)16-9-8-14(20(21,22)23)11-15(16)26-18/h3-9,11-12H,2,10H2,1H3,(H,24,26). The fraction of sp³-hybridized carbons (Fsp3) is 0.200. The van der Waals surface area contributed by atoms with Gasteiger partial charge in [-0.3, -0.25) is 4.40 Å². The van der Waals surface area contributed by atoms with Crippen LogP contribution in [0.5, 0.6) is 0 Å². The number of rotatable bonds is 4. The van der Waals surface area contributed by atoms with Crippen molar-refractivity contribution in [2.75, 3.05) is 11.9 Å². The third kappa shape index (κ3) is 3.09. The topological polar surface area (TPSA) is 42.2 Å². The molecule has 0 aliphatic heterocycles. The van der Waals surface area contributed by atoms with Crippen LogP contribution in [0.15, 0.2) is 54.7 Å². The molecule has 2 aromatic heterocycles. The molecule has 27 heavy (non-hydrogen) atoms. The second kappa shape index (κ2) is 6.57. The Balaban J connectivity index is 2.03. The maximum absolute atomic E-state index is 13.2. The van der Waals surface area contributed by atoms with Crippen LogP contribution < -0.4 is 5.32 Å². The first-order chi connectivity index (χ1) is 13.0. The Hall–Kier alpha value is -3.09. The van der Waals surface area contributed by atoms with E-state index in [0.717, 1.165) is 29.8 Å². The molecule has 4 nitrogen and oxygen atoms in total. The molecular weight excluding hydrogens is 353 g/mol. The first-order valence-corrected chi connectivity index (χ1v) is 8.66. The zero-order chi connectivity index (χ0) is 19.0. The molecule has 0 aliphatic carbocycles.